The quantitative estimate of drug-likeness (QED) is 0.426. The van der Waals surface area contributed by atoms with E-state index < -0.39 is 0 Å². The Morgan fingerprint density at radius 2 is 2.36 bits per heavy atom. The van der Waals surface area contributed by atoms with Crippen LogP contribution >= 0.6 is 0 Å². The van der Waals surface area contributed by atoms with Gasteiger partial charge in [0.2, 0.25) is 5.91 Å². The molecule has 0 atom stereocenters. The molecular weight excluding hydrogens is 142 g/mol. The third-order valence-corrected chi connectivity index (χ3v) is 1.61. The number of carbonyl (C=O) groups excluding carboxylic acids is 1. The average molecular weight is 153 g/mol. The van der Waals surface area contributed by atoms with Gasteiger partial charge in [0.1, 0.15) is 0 Å². The Kier molecular flexibility index (Phi) is 2.87. The van der Waals surface area contributed by atoms with E-state index in [1.165, 1.54) is 12.8 Å². The van der Waals surface area contributed by atoms with Gasteiger partial charge < -0.3 is 5.32 Å². The van der Waals surface area contributed by atoms with Crippen LogP contribution in [0.3, 0.4) is 0 Å². The van der Waals surface area contributed by atoms with Crippen LogP contribution in [0, 0.1) is 17.4 Å². The third-order valence-electron chi connectivity index (χ3n) is 1.61. The summed E-state index contributed by atoms with van der Waals surface area (Å²) < 4.78 is 0. The Balaban J connectivity index is 1.93. The highest BCUT2D eigenvalue weighted by atomic mass is 16.1. The molecule has 1 saturated carbocycles. The highest BCUT2D eigenvalue weighted by Crippen LogP contribution is 2.27. The van der Waals surface area contributed by atoms with Crippen LogP contribution < -0.4 is 10.6 Å². The molecule has 0 radical (unpaired) electrons. The number of hydrogen-bond acceptors (Lipinski definition) is 3. The maximum Gasteiger partial charge on any atom is 0.246 e. The molecule has 1 rings (SSSR count). The van der Waals surface area contributed by atoms with Crippen molar-refractivity contribution in [3.05, 3.63) is 0 Å². The largest absolute Gasteiger partial charge is 0.308 e. The van der Waals surface area contributed by atoms with Crippen LogP contribution in [-0.4, -0.2) is 19.0 Å². The summed E-state index contributed by atoms with van der Waals surface area (Å²) in [5, 5.41) is 13.1. The first-order valence-corrected chi connectivity index (χ1v) is 3.71. The predicted octanol–water partition coefficient (Wildman–Crippen LogP) is -0.417. The first-order valence-electron chi connectivity index (χ1n) is 3.71. The standard InChI is InChI=1S/C7H11N3O/c8-5-10-7(11)4-9-3-6-1-2-6/h6,9H,1-4H2,(H,10,11). The first-order chi connectivity index (χ1) is 5.33. The summed E-state index contributed by atoms with van der Waals surface area (Å²) in [6.07, 6.45) is 4.12. The van der Waals surface area contributed by atoms with Crippen LogP contribution in [0.15, 0.2) is 0 Å². The lowest BCUT2D eigenvalue weighted by atomic mass is 10.4. The number of nitriles is 1. The molecule has 2 N–H and O–H groups in total. The maximum absolute atomic E-state index is 10.6. The summed E-state index contributed by atoms with van der Waals surface area (Å²) in [7, 11) is 0. The third kappa shape index (κ3) is 3.58. The molecule has 0 aromatic rings. The molecular formula is C7H11N3O. The Bertz CT molecular complexity index is 181. The Hall–Kier alpha value is -1.08. The number of carbonyl (C=O) groups is 1. The van der Waals surface area contributed by atoms with Gasteiger partial charge in [-0.2, -0.15) is 5.26 Å². The van der Waals surface area contributed by atoms with Crippen molar-refractivity contribution >= 4 is 5.91 Å². The normalized spacial score (nSPS) is 15.5. The SMILES string of the molecule is N#CNC(=O)CNCC1CC1. The molecule has 1 fully saturated rings. The van der Waals surface area contributed by atoms with Crippen molar-refractivity contribution in [1.29, 1.82) is 5.26 Å². The van der Waals surface area contributed by atoms with Crippen LogP contribution in [0.4, 0.5) is 0 Å². The second kappa shape index (κ2) is 3.94. The van der Waals surface area contributed by atoms with Crippen molar-refractivity contribution in [2.45, 2.75) is 12.8 Å². The molecule has 0 aromatic heterocycles. The van der Waals surface area contributed by atoms with E-state index in [2.05, 4.69) is 5.32 Å². The van der Waals surface area contributed by atoms with Crippen LogP contribution in [0.25, 0.3) is 0 Å². The average Bonchev–Trinajstić information content (AvgIpc) is 2.72. The van der Waals surface area contributed by atoms with Gasteiger partial charge in [0.25, 0.3) is 0 Å². The molecule has 0 heterocycles. The van der Waals surface area contributed by atoms with Crippen molar-refractivity contribution in [3.63, 3.8) is 0 Å². The van der Waals surface area contributed by atoms with Gasteiger partial charge in [0.05, 0.1) is 6.54 Å². The van der Waals surface area contributed by atoms with Crippen LogP contribution in [0.2, 0.25) is 0 Å². The van der Waals surface area contributed by atoms with E-state index in [1.54, 1.807) is 6.19 Å². The molecule has 0 bridgehead atoms. The summed E-state index contributed by atoms with van der Waals surface area (Å²) >= 11 is 0. The van der Waals surface area contributed by atoms with Crippen LogP contribution in [0.5, 0.6) is 0 Å². The Morgan fingerprint density at radius 3 is 2.91 bits per heavy atom. The molecule has 0 saturated heterocycles. The van der Waals surface area contributed by atoms with Crippen molar-refractivity contribution in [1.82, 2.24) is 10.6 Å². The van der Waals surface area contributed by atoms with Gasteiger partial charge in [-0.05, 0) is 25.3 Å². The lowest BCUT2D eigenvalue weighted by molar-refractivity contribution is -0.119. The van der Waals surface area contributed by atoms with E-state index in [-0.39, 0.29) is 12.5 Å². The molecule has 60 valence electrons. The van der Waals surface area contributed by atoms with E-state index >= 15 is 0 Å². The fourth-order valence-electron chi connectivity index (χ4n) is 0.818. The number of hydrogen-bond donors (Lipinski definition) is 2. The van der Waals surface area contributed by atoms with Gasteiger partial charge in [0, 0.05) is 0 Å². The molecule has 1 aliphatic rings. The first kappa shape index (κ1) is 8.02. The molecule has 0 aliphatic heterocycles. The maximum atomic E-state index is 10.6. The second-order valence-electron chi connectivity index (χ2n) is 2.73. The van der Waals surface area contributed by atoms with Gasteiger partial charge in [-0.1, -0.05) is 0 Å². The molecule has 1 amide bonds. The van der Waals surface area contributed by atoms with Gasteiger partial charge in [0.15, 0.2) is 6.19 Å². The van der Waals surface area contributed by atoms with Crippen LogP contribution in [0.1, 0.15) is 12.8 Å². The minimum absolute atomic E-state index is 0.254. The summed E-state index contributed by atoms with van der Waals surface area (Å²) in [4.78, 5) is 10.6. The zero-order valence-corrected chi connectivity index (χ0v) is 6.26. The van der Waals surface area contributed by atoms with Crippen molar-refractivity contribution in [2.75, 3.05) is 13.1 Å². The van der Waals surface area contributed by atoms with Gasteiger partial charge >= 0.3 is 0 Å². The van der Waals surface area contributed by atoms with Crippen molar-refractivity contribution < 1.29 is 4.79 Å². The number of rotatable bonds is 4. The highest BCUT2D eigenvalue weighted by Gasteiger charge is 2.20. The van der Waals surface area contributed by atoms with Crippen LogP contribution in [-0.2, 0) is 4.79 Å². The second-order valence-corrected chi connectivity index (χ2v) is 2.73. The fourth-order valence-corrected chi connectivity index (χ4v) is 0.818. The predicted molar refractivity (Wildman–Crippen MR) is 39.3 cm³/mol. The smallest absolute Gasteiger partial charge is 0.246 e. The summed E-state index contributed by atoms with van der Waals surface area (Å²) in [5.74, 6) is 0.512. The van der Waals surface area contributed by atoms with Gasteiger partial charge in [-0.25, -0.2) is 0 Å². The van der Waals surface area contributed by atoms with E-state index in [0.29, 0.717) is 0 Å². The van der Waals surface area contributed by atoms with E-state index in [9.17, 15) is 4.79 Å². The van der Waals surface area contributed by atoms with Crippen molar-refractivity contribution in [2.24, 2.45) is 5.92 Å². The topological polar surface area (TPSA) is 64.9 Å². The lowest BCUT2D eigenvalue weighted by Gasteiger charge is -1.99. The van der Waals surface area contributed by atoms with Gasteiger partial charge in [-0.3, -0.25) is 10.1 Å². The number of nitrogens with one attached hydrogen (secondary N) is 2. The Morgan fingerprint density at radius 1 is 1.64 bits per heavy atom. The molecule has 0 spiro atoms. The zero-order valence-electron chi connectivity index (χ0n) is 6.26. The summed E-state index contributed by atoms with van der Waals surface area (Å²) in [6, 6.07) is 0. The fraction of sp³-hybridized carbons (Fsp3) is 0.714. The van der Waals surface area contributed by atoms with E-state index in [0.717, 1.165) is 12.5 Å². The number of amides is 1. The summed E-state index contributed by atoms with van der Waals surface area (Å²) in [6.45, 7) is 1.16. The zero-order chi connectivity index (χ0) is 8.10. The molecule has 4 heteroatoms. The Labute approximate surface area is 65.6 Å². The minimum atomic E-state index is -0.256. The van der Waals surface area contributed by atoms with E-state index in [4.69, 9.17) is 5.26 Å². The van der Waals surface area contributed by atoms with E-state index in [1.807, 2.05) is 5.32 Å². The molecule has 11 heavy (non-hydrogen) atoms. The summed E-state index contributed by atoms with van der Waals surface area (Å²) in [5.41, 5.74) is 0. The molecule has 0 aromatic carbocycles. The molecule has 4 nitrogen and oxygen atoms in total. The molecule has 1 aliphatic carbocycles. The highest BCUT2D eigenvalue weighted by molar-refractivity contribution is 5.79. The monoisotopic (exact) mass is 153 g/mol. The molecule has 0 unspecified atom stereocenters. The minimum Gasteiger partial charge on any atom is -0.308 e. The lowest BCUT2D eigenvalue weighted by Crippen LogP contribution is -2.32. The van der Waals surface area contributed by atoms with Crippen molar-refractivity contribution in [3.8, 4) is 6.19 Å². The van der Waals surface area contributed by atoms with Gasteiger partial charge in [-0.15, -0.1) is 0 Å². The number of nitrogens with zero attached hydrogens (tertiary/aromatic N) is 1.